The van der Waals surface area contributed by atoms with Crippen molar-refractivity contribution < 1.29 is 4.39 Å². The molecular weight excluding hydrogens is 353 g/mol. The Balaban J connectivity index is 1.54. The minimum absolute atomic E-state index is 0.234. The molecule has 26 heavy (non-hydrogen) atoms. The van der Waals surface area contributed by atoms with E-state index in [1.54, 1.807) is 12.4 Å². The number of hydrogen-bond acceptors (Lipinski definition) is 4. The first-order valence-electron chi connectivity index (χ1n) is 8.66. The smallest absolute Gasteiger partial charge is 0.167 e. The molecule has 7 heteroatoms. The van der Waals surface area contributed by atoms with Gasteiger partial charge in [0.05, 0.1) is 5.02 Å². The molecule has 134 valence electrons. The molecule has 1 aliphatic heterocycles. The molecule has 0 aliphatic carbocycles. The lowest BCUT2D eigenvalue weighted by Gasteiger charge is -2.33. The molecule has 0 spiro atoms. The molecule has 5 nitrogen and oxygen atoms in total. The Morgan fingerprint density at radius 3 is 2.85 bits per heavy atom. The van der Waals surface area contributed by atoms with E-state index in [2.05, 4.69) is 19.5 Å². The fourth-order valence-electron chi connectivity index (χ4n) is 3.52. The minimum atomic E-state index is -0.377. The van der Waals surface area contributed by atoms with Crippen molar-refractivity contribution in [2.24, 2.45) is 0 Å². The van der Waals surface area contributed by atoms with E-state index >= 15 is 0 Å². The number of halogens is 2. The van der Waals surface area contributed by atoms with Crippen molar-refractivity contribution >= 4 is 17.4 Å². The van der Waals surface area contributed by atoms with Gasteiger partial charge in [0, 0.05) is 56.5 Å². The number of aromatic nitrogens is 4. The van der Waals surface area contributed by atoms with E-state index in [1.807, 2.05) is 29.4 Å². The topological polar surface area (TPSA) is 46.8 Å². The second-order valence-electron chi connectivity index (χ2n) is 6.51. The van der Waals surface area contributed by atoms with Crippen molar-refractivity contribution in [2.75, 3.05) is 18.0 Å². The number of nitrogens with zero attached hydrogens (tertiary/aromatic N) is 5. The molecule has 1 fully saturated rings. The Morgan fingerprint density at radius 1 is 1.19 bits per heavy atom. The van der Waals surface area contributed by atoms with Crippen LogP contribution in [0.2, 0.25) is 5.02 Å². The molecule has 0 saturated carbocycles. The van der Waals surface area contributed by atoms with Gasteiger partial charge in [0.2, 0.25) is 0 Å². The fraction of sp³-hybridized carbons (Fsp3) is 0.316. The fourth-order valence-corrected chi connectivity index (χ4v) is 3.66. The van der Waals surface area contributed by atoms with Gasteiger partial charge in [-0.3, -0.25) is 4.98 Å². The second-order valence-corrected chi connectivity index (χ2v) is 6.95. The first-order chi connectivity index (χ1) is 12.7. The molecular formula is C19H19ClFN5. The Kier molecular flexibility index (Phi) is 4.84. The average Bonchev–Trinajstić information content (AvgIpc) is 3.11. The second kappa shape index (κ2) is 7.41. The zero-order valence-electron chi connectivity index (χ0n) is 14.2. The van der Waals surface area contributed by atoms with Gasteiger partial charge in [-0.05, 0) is 36.6 Å². The molecule has 0 aromatic carbocycles. The Morgan fingerprint density at radius 2 is 2.04 bits per heavy atom. The third-order valence-corrected chi connectivity index (χ3v) is 4.93. The van der Waals surface area contributed by atoms with Crippen LogP contribution in [-0.2, 0) is 6.54 Å². The number of rotatable bonds is 4. The Bertz CT molecular complexity index is 883. The van der Waals surface area contributed by atoms with Crippen LogP contribution in [0, 0.1) is 5.82 Å². The van der Waals surface area contributed by atoms with Crippen molar-refractivity contribution in [3.05, 3.63) is 71.4 Å². The van der Waals surface area contributed by atoms with Crippen LogP contribution in [0.3, 0.4) is 0 Å². The number of hydrogen-bond donors (Lipinski definition) is 0. The molecule has 4 rings (SSSR count). The SMILES string of the molecule is Fc1cc(Cl)cnc1N1CCC[C@H](c2nccn2Cc2ccncc2)C1. The van der Waals surface area contributed by atoms with E-state index in [-0.39, 0.29) is 11.7 Å². The van der Waals surface area contributed by atoms with Gasteiger partial charge in [0.15, 0.2) is 11.6 Å². The van der Waals surface area contributed by atoms with E-state index in [1.165, 1.54) is 17.8 Å². The number of piperidine rings is 1. The number of anilines is 1. The highest BCUT2D eigenvalue weighted by molar-refractivity contribution is 6.30. The summed E-state index contributed by atoms with van der Waals surface area (Å²) in [5.74, 6) is 1.25. The van der Waals surface area contributed by atoms with Gasteiger partial charge in [0.25, 0.3) is 0 Å². The molecule has 1 aliphatic rings. The van der Waals surface area contributed by atoms with Gasteiger partial charge < -0.3 is 9.47 Å². The molecule has 0 N–H and O–H groups in total. The van der Waals surface area contributed by atoms with Crippen LogP contribution in [-0.4, -0.2) is 32.6 Å². The third kappa shape index (κ3) is 3.55. The van der Waals surface area contributed by atoms with Gasteiger partial charge in [-0.15, -0.1) is 0 Å². The molecule has 4 heterocycles. The highest BCUT2D eigenvalue weighted by atomic mass is 35.5. The molecule has 3 aromatic heterocycles. The average molecular weight is 372 g/mol. The lowest BCUT2D eigenvalue weighted by Crippen LogP contribution is -2.36. The summed E-state index contributed by atoms with van der Waals surface area (Å²) in [4.78, 5) is 14.8. The van der Waals surface area contributed by atoms with Crippen LogP contribution in [0.1, 0.15) is 30.1 Å². The molecule has 0 bridgehead atoms. The molecule has 1 saturated heterocycles. The van der Waals surface area contributed by atoms with E-state index < -0.39 is 0 Å². The highest BCUT2D eigenvalue weighted by Gasteiger charge is 2.27. The maximum Gasteiger partial charge on any atom is 0.167 e. The molecule has 1 atom stereocenters. The number of pyridine rings is 2. The predicted molar refractivity (Wildman–Crippen MR) is 99.0 cm³/mol. The van der Waals surface area contributed by atoms with E-state index in [4.69, 9.17) is 11.6 Å². The zero-order chi connectivity index (χ0) is 17.9. The Hall–Kier alpha value is -2.47. The molecule has 0 amide bonds. The van der Waals surface area contributed by atoms with E-state index in [0.717, 1.165) is 31.8 Å². The van der Waals surface area contributed by atoms with Gasteiger partial charge in [-0.25, -0.2) is 14.4 Å². The lowest BCUT2D eigenvalue weighted by atomic mass is 9.97. The Labute approximate surface area is 156 Å². The van der Waals surface area contributed by atoms with Crippen LogP contribution < -0.4 is 4.90 Å². The van der Waals surface area contributed by atoms with Crippen LogP contribution in [0.4, 0.5) is 10.2 Å². The van der Waals surface area contributed by atoms with Gasteiger partial charge in [-0.2, -0.15) is 0 Å². The summed E-state index contributed by atoms with van der Waals surface area (Å²) in [7, 11) is 0. The summed E-state index contributed by atoms with van der Waals surface area (Å²) < 4.78 is 16.4. The number of imidazole rings is 1. The summed E-state index contributed by atoms with van der Waals surface area (Å²) >= 11 is 5.82. The van der Waals surface area contributed by atoms with Gasteiger partial charge in [-0.1, -0.05) is 11.6 Å². The first kappa shape index (κ1) is 17.0. The molecule has 0 radical (unpaired) electrons. The summed E-state index contributed by atoms with van der Waals surface area (Å²) in [6.45, 7) is 2.23. The standard InChI is InChI=1S/C19H19ClFN5/c20-16-10-17(21)19(24-11-16)25-8-1-2-15(13-25)18-23-7-9-26(18)12-14-3-5-22-6-4-14/h3-7,9-11,15H,1-2,8,12-13H2/t15-/m0/s1. The third-order valence-electron chi connectivity index (χ3n) is 4.72. The summed E-state index contributed by atoms with van der Waals surface area (Å²) in [6.07, 6.45) is 10.9. The van der Waals surface area contributed by atoms with Crippen LogP contribution in [0.15, 0.2) is 49.2 Å². The van der Waals surface area contributed by atoms with E-state index in [9.17, 15) is 4.39 Å². The zero-order valence-corrected chi connectivity index (χ0v) is 15.0. The van der Waals surface area contributed by atoms with Crippen LogP contribution >= 0.6 is 11.6 Å². The van der Waals surface area contributed by atoms with Crippen molar-refractivity contribution in [3.8, 4) is 0 Å². The van der Waals surface area contributed by atoms with Crippen molar-refractivity contribution in [2.45, 2.75) is 25.3 Å². The van der Waals surface area contributed by atoms with Crippen molar-refractivity contribution in [1.82, 2.24) is 19.5 Å². The summed E-state index contributed by atoms with van der Waals surface area (Å²) in [5, 5.41) is 0.313. The summed E-state index contributed by atoms with van der Waals surface area (Å²) in [5.41, 5.74) is 1.18. The maximum absolute atomic E-state index is 14.3. The largest absolute Gasteiger partial charge is 0.353 e. The van der Waals surface area contributed by atoms with Crippen LogP contribution in [0.5, 0.6) is 0 Å². The van der Waals surface area contributed by atoms with Crippen LogP contribution in [0.25, 0.3) is 0 Å². The normalized spacial score (nSPS) is 17.5. The maximum atomic E-state index is 14.3. The summed E-state index contributed by atoms with van der Waals surface area (Å²) in [6, 6.07) is 5.33. The van der Waals surface area contributed by atoms with Gasteiger partial charge in [0.1, 0.15) is 5.82 Å². The van der Waals surface area contributed by atoms with Crippen molar-refractivity contribution in [3.63, 3.8) is 0 Å². The lowest BCUT2D eigenvalue weighted by molar-refractivity contribution is 0.467. The molecule has 0 unspecified atom stereocenters. The van der Waals surface area contributed by atoms with Crippen molar-refractivity contribution in [1.29, 1.82) is 0 Å². The molecule has 3 aromatic rings. The van der Waals surface area contributed by atoms with Gasteiger partial charge >= 0.3 is 0 Å². The van der Waals surface area contributed by atoms with E-state index in [0.29, 0.717) is 17.4 Å². The first-order valence-corrected chi connectivity index (χ1v) is 9.04. The monoisotopic (exact) mass is 371 g/mol. The minimum Gasteiger partial charge on any atom is -0.353 e. The highest BCUT2D eigenvalue weighted by Crippen LogP contribution is 2.30. The predicted octanol–water partition coefficient (Wildman–Crippen LogP) is 3.90. The quantitative estimate of drug-likeness (QED) is 0.697.